The molecule has 2 atom stereocenters. The van der Waals surface area contributed by atoms with Crippen LogP contribution in [-0.4, -0.2) is 56.3 Å². The number of alkyl halides is 3. The number of nitrogens with one attached hydrogen (secondary N) is 1. The second-order valence-corrected chi connectivity index (χ2v) is 11.4. The number of ether oxygens (including phenoxy) is 2. The van der Waals surface area contributed by atoms with E-state index in [1.54, 1.807) is 5.32 Å². The van der Waals surface area contributed by atoms with Gasteiger partial charge < -0.3 is 15.2 Å². The van der Waals surface area contributed by atoms with Crippen molar-refractivity contribution in [2.75, 3.05) is 12.4 Å². The van der Waals surface area contributed by atoms with Gasteiger partial charge >= 0.3 is 12.1 Å². The number of carbonyl (C=O) groups is 4. The Balaban J connectivity index is 1.60. The van der Waals surface area contributed by atoms with Crippen molar-refractivity contribution in [1.29, 1.82) is 0 Å². The minimum absolute atomic E-state index is 0.0622. The van der Waals surface area contributed by atoms with Gasteiger partial charge in [-0.2, -0.15) is 0 Å². The normalized spacial score (nSPS) is 19.2. The highest BCUT2D eigenvalue weighted by atomic mass is 35.6. The number of imide groups is 1. The summed E-state index contributed by atoms with van der Waals surface area (Å²) in [6.07, 6.45) is -1.96. The van der Waals surface area contributed by atoms with Crippen LogP contribution in [0.4, 0.5) is 4.79 Å². The van der Waals surface area contributed by atoms with Crippen LogP contribution in [0.3, 0.4) is 0 Å². The van der Waals surface area contributed by atoms with Crippen LogP contribution in [0.25, 0.3) is 0 Å². The molecule has 2 heterocycles. The predicted octanol–water partition coefficient (Wildman–Crippen LogP) is 3.44. The van der Waals surface area contributed by atoms with Gasteiger partial charge in [-0.25, -0.2) is 9.59 Å². The number of amides is 3. The minimum Gasteiger partial charge on any atom is -0.448 e. The van der Waals surface area contributed by atoms with Gasteiger partial charge in [-0.3, -0.25) is 19.8 Å². The lowest BCUT2D eigenvalue weighted by molar-refractivity contribution is -0.153. The fourth-order valence-corrected chi connectivity index (χ4v) is 5.19. The molecule has 13 heteroatoms. The third-order valence-electron chi connectivity index (χ3n) is 5.56. The number of benzene rings is 2. The van der Waals surface area contributed by atoms with E-state index in [1.165, 1.54) is 16.7 Å². The van der Waals surface area contributed by atoms with Crippen LogP contribution in [0.15, 0.2) is 71.9 Å². The molecule has 0 spiro atoms. The van der Waals surface area contributed by atoms with E-state index in [4.69, 9.17) is 50.0 Å². The van der Waals surface area contributed by atoms with Gasteiger partial charge in [0, 0.05) is 11.3 Å². The number of rotatable bonds is 6. The third-order valence-corrected chi connectivity index (χ3v) is 7.44. The van der Waals surface area contributed by atoms with Crippen LogP contribution in [0.1, 0.15) is 17.2 Å². The van der Waals surface area contributed by atoms with Crippen LogP contribution >= 0.6 is 46.6 Å². The summed E-state index contributed by atoms with van der Waals surface area (Å²) in [4.78, 5) is 51.2. The Morgan fingerprint density at radius 2 is 1.62 bits per heavy atom. The Kier molecular flexibility index (Phi) is 8.35. The van der Waals surface area contributed by atoms with Gasteiger partial charge in [0.25, 0.3) is 9.70 Å². The van der Waals surface area contributed by atoms with E-state index in [1.807, 2.05) is 60.7 Å². The molecule has 2 aromatic rings. The summed E-state index contributed by atoms with van der Waals surface area (Å²) < 4.78 is 8.65. The highest BCUT2D eigenvalue weighted by molar-refractivity contribution is 8.00. The van der Waals surface area contributed by atoms with Crippen molar-refractivity contribution in [3.8, 4) is 0 Å². The Hall–Kier alpha value is -2.76. The van der Waals surface area contributed by atoms with Crippen LogP contribution in [0, 0.1) is 0 Å². The zero-order chi connectivity index (χ0) is 26.7. The molecule has 2 aromatic carbocycles. The highest BCUT2D eigenvalue weighted by Gasteiger charge is 2.52. The quantitative estimate of drug-likeness (QED) is 0.300. The van der Waals surface area contributed by atoms with Crippen molar-refractivity contribution in [1.82, 2.24) is 10.2 Å². The predicted molar refractivity (Wildman–Crippen MR) is 139 cm³/mol. The number of hydrogen-bond donors (Lipinski definition) is 2. The Morgan fingerprint density at radius 1 is 1.05 bits per heavy atom. The molecule has 37 heavy (non-hydrogen) atoms. The molecule has 3 N–H and O–H groups in total. The van der Waals surface area contributed by atoms with E-state index >= 15 is 0 Å². The first-order chi connectivity index (χ1) is 17.6. The molecule has 1 saturated heterocycles. The number of β-lactam (4-membered cyclic amide) rings is 1. The van der Waals surface area contributed by atoms with Crippen LogP contribution < -0.4 is 11.1 Å². The number of nitrogens with zero attached hydrogens (tertiary/aromatic N) is 1. The molecular formula is C24H20Cl3N3O6S. The van der Waals surface area contributed by atoms with Crippen molar-refractivity contribution < 1.29 is 28.7 Å². The topological polar surface area (TPSA) is 128 Å². The SMILES string of the molecule is N[C@@H]1C(=O)N2C(C(=O)OC(c3ccccc3)c3ccccc3)=C(COC(=O)NC(=O)C(Cl)(Cl)Cl)CS[C@H]12. The summed E-state index contributed by atoms with van der Waals surface area (Å²) in [6, 6.07) is 17.5. The van der Waals surface area contributed by atoms with Crippen molar-refractivity contribution >= 4 is 70.4 Å². The van der Waals surface area contributed by atoms with Gasteiger partial charge in [0.15, 0.2) is 6.10 Å². The lowest BCUT2D eigenvalue weighted by atomic mass is 10.0. The lowest BCUT2D eigenvalue weighted by Crippen LogP contribution is -2.68. The Labute approximate surface area is 231 Å². The summed E-state index contributed by atoms with van der Waals surface area (Å²) in [6.45, 7) is -0.427. The molecular weight excluding hydrogens is 565 g/mol. The summed E-state index contributed by atoms with van der Waals surface area (Å²) in [7, 11) is 0. The van der Waals surface area contributed by atoms with E-state index in [9.17, 15) is 19.2 Å². The molecule has 0 saturated carbocycles. The zero-order valence-corrected chi connectivity index (χ0v) is 22.0. The van der Waals surface area contributed by atoms with Crippen LogP contribution in [-0.2, 0) is 23.9 Å². The fraction of sp³-hybridized carbons (Fsp3) is 0.250. The molecule has 194 valence electrons. The number of alkyl carbamates (subject to hydrolysis) is 1. The van der Waals surface area contributed by atoms with E-state index in [0.717, 1.165) is 11.1 Å². The first-order valence-electron chi connectivity index (χ1n) is 10.9. The smallest absolute Gasteiger partial charge is 0.414 e. The summed E-state index contributed by atoms with van der Waals surface area (Å²) >= 11 is 17.6. The first-order valence-corrected chi connectivity index (χ1v) is 13.0. The number of nitrogens with two attached hydrogens (primary N) is 1. The molecule has 2 aliphatic heterocycles. The minimum atomic E-state index is -2.37. The molecule has 4 rings (SSSR count). The van der Waals surface area contributed by atoms with Crippen LogP contribution in [0.2, 0.25) is 0 Å². The number of carbonyl (C=O) groups excluding carboxylic acids is 4. The van der Waals surface area contributed by atoms with Gasteiger partial charge in [-0.05, 0) is 11.1 Å². The first kappa shape index (κ1) is 27.3. The lowest BCUT2D eigenvalue weighted by Gasteiger charge is -2.48. The number of hydrogen-bond acceptors (Lipinski definition) is 8. The molecule has 2 aliphatic rings. The average molecular weight is 585 g/mol. The highest BCUT2D eigenvalue weighted by Crippen LogP contribution is 2.41. The van der Waals surface area contributed by atoms with Gasteiger partial charge in [0.05, 0.1) is 0 Å². The number of fused-ring (bicyclic) bond motifs is 1. The van der Waals surface area contributed by atoms with Gasteiger partial charge in [0.1, 0.15) is 23.7 Å². The Morgan fingerprint density at radius 3 is 2.16 bits per heavy atom. The van der Waals surface area contributed by atoms with Gasteiger partial charge in [-0.15, -0.1) is 11.8 Å². The second kappa shape index (κ2) is 11.3. The summed E-state index contributed by atoms with van der Waals surface area (Å²) in [5, 5.41) is 1.32. The summed E-state index contributed by atoms with van der Waals surface area (Å²) in [5.41, 5.74) is 7.60. The molecule has 1 fully saturated rings. The molecule has 0 bridgehead atoms. The second-order valence-electron chi connectivity index (χ2n) is 8.02. The summed E-state index contributed by atoms with van der Waals surface area (Å²) in [5.74, 6) is -2.24. The molecule has 3 amide bonds. The van der Waals surface area contributed by atoms with Crippen molar-refractivity contribution in [2.45, 2.75) is 21.3 Å². The average Bonchev–Trinajstić information content (AvgIpc) is 2.89. The van der Waals surface area contributed by atoms with E-state index in [2.05, 4.69) is 0 Å². The van der Waals surface area contributed by atoms with Gasteiger partial charge in [-0.1, -0.05) is 95.5 Å². The van der Waals surface area contributed by atoms with Crippen LogP contribution in [0.5, 0.6) is 0 Å². The molecule has 0 unspecified atom stereocenters. The maximum absolute atomic E-state index is 13.6. The Bertz CT molecular complexity index is 1200. The maximum Gasteiger partial charge on any atom is 0.414 e. The van der Waals surface area contributed by atoms with E-state index in [0.29, 0.717) is 5.57 Å². The zero-order valence-electron chi connectivity index (χ0n) is 18.9. The maximum atomic E-state index is 13.6. The third kappa shape index (κ3) is 6.05. The van der Waals surface area contributed by atoms with Crippen molar-refractivity contribution in [3.05, 3.63) is 83.1 Å². The fourth-order valence-electron chi connectivity index (χ4n) is 3.78. The molecule has 9 nitrogen and oxygen atoms in total. The molecule has 0 aliphatic carbocycles. The van der Waals surface area contributed by atoms with E-state index in [-0.39, 0.29) is 11.4 Å². The molecule has 0 aromatic heterocycles. The standard InChI is InChI=1S/C24H20Cl3N3O6S/c25-24(26,27)22(33)29-23(34)35-11-15-12-37-20-16(28)19(31)30(20)17(15)21(32)36-18(13-7-3-1-4-8-13)14-9-5-2-6-10-14/h1-10,16,18,20H,11-12,28H2,(H,29,33,34)/t16-,20-/m1/s1. The number of halogens is 3. The number of thioether (sulfide) groups is 1. The number of esters is 1. The van der Waals surface area contributed by atoms with E-state index < -0.39 is 51.8 Å². The monoisotopic (exact) mass is 583 g/mol. The molecule has 0 radical (unpaired) electrons. The van der Waals surface area contributed by atoms with Crippen molar-refractivity contribution in [3.63, 3.8) is 0 Å². The largest absolute Gasteiger partial charge is 0.448 e. The van der Waals surface area contributed by atoms with Gasteiger partial charge in [0.2, 0.25) is 5.91 Å². The van der Waals surface area contributed by atoms with Crippen molar-refractivity contribution in [2.24, 2.45) is 5.73 Å².